The zero-order chi connectivity index (χ0) is 14.5. The highest BCUT2D eigenvalue weighted by Crippen LogP contribution is 2.15. The van der Waals surface area contributed by atoms with E-state index in [0.29, 0.717) is 0 Å². The number of hydrogen-bond donors (Lipinski definition) is 3. The molecular weight excluding hydrogens is 246 g/mol. The lowest BCUT2D eigenvalue weighted by molar-refractivity contribution is -0.137. The van der Waals surface area contributed by atoms with Crippen molar-refractivity contribution in [3.63, 3.8) is 0 Å². The fraction of sp³-hybridized carbons (Fsp3) is 0.846. The number of amides is 2. The molecule has 110 valence electrons. The summed E-state index contributed by atoms with van der Waals surface area (Å²) in [6.45, 7) is 7.80. The lowest BCUT2D eigenvalue weighted by Crippen LogP contribution is -2.54. The Hall–Kier alpha value is -1.30. The summed E-state index contributed by atoms with van der Waals surface area (Å²) < 4.78 is 0. The van der Waals surface area contributed by atoms with Crippen molar-refractivity contribution in [3.8, 4) is 0 Å². The fourth-order valence-corrected chi connectivity index (χ4v) is 2.17. The maximum Gasteiger partial charge on any atom is 0.318 e. The topological polar surface area (TPSA) is 81.7 Å². The third kappa shape index (κ3) is 5.46. The molecule has 6 nitrogen and oxygen atoms in total. The molecule has 0 radical (unpaired) electrons. The Balaban J connectivity index is 2.57. The summed E-state index contributed by atoms with van der Waals surface area (Å²) in [5.74, 6) is -0.885. The third-order valence-electron chi connectivity index (χ3n) is 3.27. The van der Waals surface area contributed by atoms with Gasteiger partial charge in [-0.2, -0.15) is 0 Å². The van der Waals surface area contributed by atoms with Crippen molar-refractivity contribution in [3.05, 3.63) is 0 Å². The first kappa shape index (κ1) is 15.8. The lowest BCUT2D eigenvalue weighted by Gasteiger charge is -2.37. The first-order valence-corrected chi connectivity index (χ1v) is 6.81. The highest BCUT2D eigenvalue weighted by Gasteiger charge is 2.28. The number of hydrogen-bond acceptors (Lipinski definition) is 3. The van der Waals surface area contributed by atoms with Crippen molar-refractivity contribution < 1.29 is 14.7 Å². The highest BCUT2D eigenvalue weighted by molar-refractivity contribution is 5.76. The van der Waals surface area contributed by atoms with E-state index >= 15 is 0 Å². The van der Waals surface area contributed by atoms with Crippen LogP contribution in [0, 0.1) is 0 Å². The number of aliphatic carboxylic acids is 1. The van der Waals surface area contributed by atoms with Crippen LogP contribution < -0.4 is 10.6 Å². The minimum atomic E-state index is -0.885. The van der Waals surface area contributed by atoms with Gasteiger partial charge < -0.3 is 20.6 Å². The second kappa shape index (κ2) is 6.75. The second-order valence-corrected chi connectivity index (χ2v) is 5.94. The quantitative estimate of drug-likeness (QED) is 0.713. The Morgan fingerprint density at radius 2 is 1.89 bits per heavy atom. The Morgan fingerprint density at radius 1 is 1.32 bits per heavy atom. The maximum absolute atomic E-state index is 12.3. The van der Waals surface area contributed by atoms with Gasteiger partial charge in [0.1, 0.15) is 0 Å². The van der Waals surface area contributed by atoms with Crippen LogP contribution in [0.2, 0.25) is 0 Å². The summed E-state index contributed by atoms with van der Waals surface area (Å²) in [5.41, 5.74) is -0.382. The van der Waals surface area contributed by atoms with Crippen molar-refractivity contribution in [2.24, 2.45) is 0 Å². The maximum atomic E-state index is 12.3. The molecule has 1 saturated heterocycles. The van der Waals surface area contributed by atoms with Crippen molar-refractivity contribution in [1.82, 2.24) is 15.5 Å². The zero-order valence-corrected chi connectivity index (χ0v) is 12.0. The molecule has 0 aliphatic carbocycles. The average molecular weight is 271 g/mol. The molecule has 19 heavy (non-hydrogen) atoms. The summed E-state index contributed by atoms with van der Waals surface area (Å²) in [6, 6.07) is 0.0177. The molecule has 3 N–H and O–H groups in total. The van der Waals surface area contributed by atoms with E-state index in [4.69, 9.17) is 5.11 Å². The van der Waals surface area contributed by atoms with E-state index in [9.17, 15) is 9.59 Å². The molecule has 0 saturated carbocycles. The number of urea groups is 1. The van der Waals surface area contributed by atoms with Crippen LogP contribution in [-0.4, -0.2) is 53.2 Å². The first-order chi connectivity index (χ1) is 8.80. The predicted molar refractivity (Wildman–Crippen MR) is 73.1 cm³/mol. The van der Waals surface area contributed by atoms with E-state index in [1.807, 2.05) is 20.8 Å². The molecule has 0 atom stereocenters. The molecule has 2 amide bonds. The first-order valence-electron chi connectivity index (χ1n) is 6.81. The summed E-state index contributed by atoms with van der Waals surface area (Å²) in [4.78, 5) is 24.5. The van der Waals surface area contributed by atoms with Gasteiger partial charge >= 0.3 is 12.0 Å². The standard InChI is InChI=1S/C13H25N3O3/c1-13(2,3)16(9-6-11(17)18)12(19)15-10-4-7-14-8-5-10/h10,14H,4-9H2,1-3H3,(H,15,19)(H,17,18). The molecule has 1 fully saturated rings. The van der Waals surface area contributed by atoms with Gasteiger partial charge in [-0.3, -0.25) is 4.79 Å². The Morgan fingerprint density at radius 3 is 2.37 bits per heavy atom. The van der Waals surface area contributed by atoms with E-state index < -0.39 is 5.97 Å². The van der Waals surface area contributed by atoms with Crippen molar-refractivity contribution in [2.75, 3.05) is 19.6 Å². The number of carbonyl (C=O) groups is 2. The van der Waals surface area contributed by atoms with E-state index in [-0.39, 0.29) is 30.6 Å². The number of carboxylic acid groups (broad SMARTS) is 1. The molecule has 1 aliphatic heterocycles. The summed E-state index contributed by atoms with van der Waals surface area (Å²) in [6.07, 6.45) is 1.81. The smallest absolute Gasteiger partial charge is 0.318 e. The lowest BCUT2D eigenvalue weighted by atomic mass is 10.0. The van der Waals surface area contributed by atoms with Crippen LogP contribution in [0.1, 0.15) is 40.0 Å². The Labute approximate surface area is 114 Å². The van der Waals surface area contributed by atoms with Crippen LogP contribution in [0.3, 0.4) is 0 Å². The van der Waals surface area contributed by atoms with Gasteiger partial charge in [0.2, 0.25) is 0 Å². The number of rotatable bonds is 4. The number of nitrogens with zero attached hydrogens (tertiary/aromatic N) is 1. The SMILES string of the molecule is CC(C)(C)N(CCC(=O)O)C(=O)NC1CCNCC1. The van der Waals surface area contributed by atoms with Gasteiger partial charge in [0.25, 0.3) is 0 Å². The van der Waals surface area contributed by atoms with E-state index in [0.717, 1.165) is 25.9 Å². The van der Waals surface area contributed by atoms with Crippen LogP contribution in [0.25, 0.3) is 0 Å². The van der Waals surface area contributed by atoms with E-state index in [2.05, 4.69) is 10.6 Å². The van der Waals surface area contributed by atoms with E-state index in [1.165, 1.54) is 0 Å². The Bertz CT molecular complexity index is 320. The molecule has 1 heterocycles. The monoisotopic (exact) mass is 271 g/mol. The molecule has 0 aromatic carbocycles. The number of carbonyl (C=O) groups excluding carboxylic acids is 1. The van der Waals surface area contributed by atoms with Crippen LogP contribution >= 0.6 is 0 Å². The Kier molecular flexibility index (Phi) is 5.60. The predicted octanol–water partition coefficient (Wildman–Crippen LogP) is 1.02. The minimum Gasteiger partial charge on any atom is -0.481 e. The minimum absolute atomic E-state index is 0.0308. The molecule has 0 bridgehead atoms. The molecule has 0 aromatic heterocycles. The number of nitrogens with one attached hydrogen (secondary N) is 2. The van der Waals surface area contributed by atoms with Gasteiger partial charge in [-0.15, -0.1) is 0 Å². The molecule has 0 unspecified atom stereocenters. The number of carboxylic acids is 1. The highest BCUT2D eigenvalue weighted by atomic mass is 16.4. The van der Waals surface area contributed by atoms with Crippen molar-refractivity contribution >= 4 is 12.0 Å². The summed E-state index contributed by atoms with van der Waals surface area (Å²) in [5, 5.41) is 15.0. The normalized spacial score (nSPS) is 17.0. The van der Waals surface area contributed by atoms with Crippen LogP contribution in [0.15, 0.2) is 0 Å². The molecule has 0 spiro atoms. The molecule has 1 rings (SSSR count). The molecule has 0 aromatic rings. The van der Waals surface area contributed by atoms with Crippen LogP contribution in [-0.2, 0) is 4.79 Å². The van der Waals surface area contributed by atoms with E-state index in [1.54, 1.807) is 4.90 Å². The molecule has 1 aliphatic rings. The second-order valence-electron chi connectivity index (χ2n) is 5.94. The van der Waals surface area contributed by atoms with Crippen LogP contribution in [0.4, 0.5) is 4.79 Å². The van der Waals surface area contributed by atoms with Gasteiger partial charge in [-0.05, 0) is 46.7 Å². The van der Waals surface area contributed by atoms with Gasteiger partial charge in [-0.1, -0.05) is 0 Å². The third-order valence-corrected chi connectivity index (χ3v) is 3.27. The van der Waals surface area contributed by atoms with Crippen LogP contribution in [0.5, 0.6) is 0 Å². The number of piperidine rings is 1. The molecular formula is C13H25N3O3. The summed E-state index contributed by atoms with van der Waals surface area (Å²) in [7, 11) is 0. The van der Waals surface area contributed by atoms with Crippen molar-refractivity contribution in [1.29, 1.82) is 0 Å². The largest absolute Gasteiger partial charge is 0.481 e. The fourth-order valence-electron chi connectivity index (χ4n) is 2.17. The van der Waals surface area contributed by atoms with Gasteiger partial charge in [0.15, 0.2) is 0 Å². The van der Waals surface area contributed by atoms with Gasteiger partial charge in [0, 0.05) is 18.1 Å². The van der Waals surface area contributed by atoms with Gasteiger partial charge in [-0.25, -0.2) is 4.79 Å². The molecule has 6 heteroatoms. The van der Waals surface area contributed by atoms with Gasteiger partial charge in [0.05, 0.1) is 6.42 Å². The zero-order valence-electron chi connectivity index (χ0n) is 12.0. The average Bonchev–Trinajstić information content (AvgIpc) is 2.28. The van der Waals surface area contributed by atoms with Crippen molar-refractivity contribution in [2.45, 2.75) is 51.6 Å². The summed E-state index contributed by atoms with van der Waals surface area (Å²) >= 11 is 0.